The Kier molecular flexibility index (Phi) is 4.48. The lowest BCUT2D eigenvalue weighted by atomic mass is 10.0. The van der Waals surface area contributed by atoms with Gasteiger partial charge in [-0.3, -0.25) is 4.79 Å². The summed E-state index contributed by atoms with van der Waals surface area (Å²) in [4.78, 5) is 25.4. The first-order chi connectivity index (χ1) is 16.6. The van der Waals surface area contributed by atoms with Gasteiger partial charge in [0.15, 0.2) is 0 Å². The average molecular weight is 446 g/mol. The molecule has 0 saturated heterocycles. The van der Waals surface area contributed by atoms with Crippen molar-refractivity contribution in [2.24, 2.45) is 5.10 Å². The molecule has 0 aliphatic carbocycles. The van der Waals surface area contributed by atoms with Crippen molar-refractivity contribution in [3.63, 3.8) is 0 Å². The Hall–Kier alpha value is -4.78. The highest BCUT2D eigenvalue weighted by molar-refractivity contribution is 6.26. The Labute approximate surface area is 193 Å². The third-order valence-corrected chi connectivity index (χ3v) is 5.92. The van der Waals surface area contributed by atoms with Gasteiger partial charge in [0.1, 0.15) is 11.3 Å². The van der Waals surface area contributed by atoms with E-state index in [1.807, 2.05) is 66.7 Å². The van der Waals surface area contributed by atoms with Crippen LogP contribution in [-0.4, -0.2) is 21.4 Å². The van der Waals surface area contributed by atoms with Gasteiger partial charge in [0.2, 0.25) is 0 Å². The van der Waals surface area contributed by atoms with E-state index in [0.717, 1.165) is 21.8 Å². The largest absolute Gasteiger partial charge is 0.422 e. The molecule has 1 N–H and O–H groups in total. The number of carbonyl (C=O) groups is 1. The van der Waals surface area contributed by atoms with Gasteiger partial charge in [0, 0.05) is 17.1 Å². The van der Waals surface area contributed by atoms with Crippen molar-refractivity contribution < 1.29 is 9.21 Å². The van der Waals surface area contributed by atoms with E-state index in [4.69, 9.17) is 9.52 Å². The van der Waals surface area contributed by atoms with Crippen molar-refractivity contribution in [3.8, 4) is 16.9 Å². The average Bonchev–Trinajstić information content (AvgIpc) is 3.43. The summed E-state index contributed by atoms with van der Waals surface area (Å²) in [6.45, 7) is 1.75. The van der Waals surface area contributed by atoms with Gasteiger partial charge in [-0.05, 0) is 48.0 Å². The quantitative estimate of drug-likeness (QED) is 0.247. The summed E-state index contributed by atoms with van der Waals surface area (Å²) in [5.74, 6) is -0.299. The van der Waals surface area contributed by atoms with Crippen LogP contribution >= 0.6 is 0 Å². The monoisotopic (exact) mass is 446 g/mol. The molecule has 0 spiro atoms. The van der Waals surface area contributed by atoms with E-state index in [-0.39, 0.29) is 5.91 Å². The minimum absolute atomic E-state index is 0.299. The summed E-state index contributed by atoms with van der Waals surface area (Å²) in [7, 11) is 0. The molecule has 1 aliphatic rings. The van der Waals surface area contributed by atoms with Crippen LogP contribution in [0.25, 0.3) is 44.8 Å². The number of hydrogen-bond donors (Lipinski definition) is 1. The number of nitrogens with zero attached hydrogens (tertiary/aromatic N) is 3. The number of benzene rings is 3. The highest BCUT2D eigenvalue weighted by atomic mass is 16.4. The number of aromatic nitrogens is 2. The molecule has 0 radical (unpaired) electrons. The molecule has 0 saturated carbocycles. The molecule has 3 aromatic carbocycles. The lowest BCUT2D eigenvalue weighted by Gasteiger charge is -2.05. The molecule has 1 aliphatic heterocycles. The summed E-state index contributed by atoms with van der Waals surface area (Å²) in [6, 6.07) is 23.1. The van der Waals surface area contributed by atoms with Gasteiger partial charge in [0.25, 0.3) is 5.91 Å². The van der Waals surface area contributed by atoms with E-state index in [1.165, 1.54) is 0 Å². The molecule has 34 heavy (non-hydrogen) atoms. The van der Waals surface area contributed by atoms with Gasteiger partial charge in [0.05, 0.1) is 22.5 Å². The standard InChI is InChI=1S/C27H18N4O3/c1-16-21(26(32)29-28-16)13-18-15-31(19-8-3-2-4-9-19)30-25(18)23-14-22-20-10-6-5-7-17(20)11-12-24(22)34-27(23)33/h2-15H,1H3,(H,29,32). The summed E-state index contributed by atoms with van der Waals surface area (Å²) < 4.78 is 7.40. The van der Waals surface area contributed by atoms with Gasteiger partial charge < -0.3 is 4.42 Å². The second-order valence-corrected chi connectivity index (χ2v) is 8.06. The molecule has 5 aromatic rings. The van der Waals surface area contributed by atoms with Crippen LogP contribution < -0.4 is 11.1 Å². The maximum Gasteiger partial charge on any atom is 0.345 e. The third-order valence-electron chi connectivity index (χ3n) is 5.92. The summed E-state index contributed by atoms with van der Waals surface area (Å²) >= 11 is 0. The van der Waals surface area contributed by atoms with Crippen molar-refractivity contribution in [2.75, 3.05) is 0 Å². The molecule has 3 heterocycles. The van der Waals surface area contributed by atoms with Gasteiger partial charge in [-0.15, -0.1) is 0 Å². The van der Waals surface area contributed by atoms with E-state index >= 15 is 0 Å². The Balaban J connectivity index is 1.63. The molecule has 2 aromatic heterocycles. The lowest BCUT2D eigenvalue weighted by molar-refractivity contribution is -0.116. The number of fused-ring (bicyclic) bond motifs is 3. The molecule has 6 rings (SSSR count). The van der Waals surface area contributed by atoms with Crippen LogP contribution in [0.1, 0.15) is 12.5 Å². The minimum Gasteiger partial charge on any atom is -0.422 e. The maximum absolute atomic E-state index is 13.1. The molecule has 0 fully saturated rings. The highest BCUT2D eigenvalue weighted by Crippen LogP contribution is 2.30. The second-order valence-electron chi connectivity index (χ2n) is 8.06. The fourth-order valence-corrected chi connectivity index (χ4v) is 4.20. The number of rotatable bonds is 3. The van der Waals surface area contributed by atoms with Gasteiger partial charge in [-0.25, -0.2) is 14.9 Å². The number of hydrazone groups is 1. The van der Waals surface area contributed by atoms with Crippen molar-refractivity contribution in [3.05, 3.63) is 101 Å². The highest BCUT2D eigenvalue weighted by Gasteiger charge is 2.22. The molecule has 0 bridgehead atoms. The molecule has 7 nitrogen and oxygen atoms in total. The van der Waals surface area contributed by atoms with Gasteiger partial charge in [-0.2, -0.15) is 10.2 Å². The van der Waals surface area contributed by atoms with E-state index < -0.39 is 5.63 Å². The zero-order valence-electron chi connectivity index (χ0n) is 18.1. The second kappa shape index (κ2) is 7.67. The molecule has 0 unspecified atom stereocenters. The van der Waals surface area contributed by atoms with Crippen LogP contribution in [0.15, 0.2) is 98.9 Å². The summed E-state index contributed by atoms with van der Waals surface area (Å²) in [5.41, 5.74) is 5.64. The molecule has 1 amide bonds. The normalized spacial score (nSPS) is 14.7. The molecule has 164 valence electrons. The lowest BCUT2D eigenvalue weighted by Crippen LogP contribution is -2.12. The molecular formula is C27H18N4O3. The first-order valence-corrected chi connectivity index (χ1v) is 10.8. The van der Waals surface area contributed by atoms with E-state index in [9.17, 15) is 9.59 Å². The summed E-state index contributed by atoms with van der Waals surface area (Å²) in [6.07, 6.45) is 3.50. The van der Waals surface area contributed by atoms with Crippen molar-refractivity contribution >= 4 is 39.4 Å². The van der Waals surface area contributed by atoms with E-state index in [0.29, 0.717) is 33.7 Å². The first-order valence-electron chi connectivity index (χ1n) is 10.8. The predicted octanol–water partition coefficient (Wildman–Crippen LogP) is 4.69. The van der Waals surface area contributed by atoms with Crippen LogP contribution in [0.3, 0.4) is 0 Å². The molecule has 0 atom stereocenters. The van der Waals surface area contributed by atoms with Crippen LogP contribution in [0.4, 0.5) is 0 Å². The first kappa shape index (κ1) is 19.9. The van der Waals surface area contributed by atoms with Gasteiger partial charge in [-0.1, -0.05) is 48.5 Å². The predicted molar refractivity (Wildman–Crippen MR) is 132 cm³/mol. The Morgan fingerprint density at radius 2 is 1.74 bits per heavy atom. The third kappa shape index (κ3) is 3.22. The summed E-state index contributed by atoms with van der Waals surface area (Å²) in [5, 5.41) is 11.6. The van der Waals surface area contributed by atoms with Crippen molar-refractivity contribution in [1.29, 1.82) is 0 Å². The molecular weight excluding hydrogens is 428 g/mol. The number of hydrogen-bond acceptors (Lipinski definition) is 5. The number of para-hydroxylation sites is 1. The zero-order valence-corrected chi connectivity index (χ0v) is 18.1. The Morgan fingerprint density at radius 1 is 0.941 bits per heavy atom. The fraction of sp³-hybridized carbons (Fsp3) is 0.0370. The topological polar surface area (TPSA) is 89.5 Å². The zero-order chi connectivity index (χ0) is 23.2. The smallest absolute Gasteiger partial charge is 0.345 e. The number of carbonyl (C=O) groups excluding carboxylic acids is 1. The Bertz CT molecular complexity index is 1730. The number of nitrogens with one attached hydrogen (secondary N) is 1. The van der Waals surface area contributed by atoms with Crippen molar-refractivity contribution in [1.82, 2.24) is 15.2 Å². The fourth-order valence-electron chi connectivity index (χ4n) is 4.20. The van der Waals surface area contributed by atoms with Crippen LogP contribution in [0, 0.1) is 0 Å². The molecule has 7 heteroatoms. The van der Waals surface area contributed by atoms with Crippen LogP contribution in [-0.2, 0) is 4.79 Å². The van der Waals surface area contributed by atoms with Crippen LogP contribution in [0.5, 0.6) is 0 Å². The maximum atomic E-state index is 13.1. The Morgan fingerprint density at radius 3 is 2.53 bits per heavy atom. The SMILES string of the molecule is CC1=NNC(=O)C1=Cc1cn(-c2ccccc2)nc1-c1cc2c(ccc3ccccc32)oc1=O. The van der Waals surface area contributed by atoms with E-state index in [1.54, 1.807) is 29.9 Å². The van der Waals surface area contributed by atoms with Gasteiger partial charge >= 0.3 is 5.63 Å². The number of amides is 1. The van der Waals surface area contributed by atoms with E-state index in [2.05, 4.69) is 10.5 Å². The van der Waals surface area contributed by atoms with Crippen molar-refractivity contribution in [2.45, 2.75) is 6.92 Å². The minimum atomic E-state index is -0.498. The van der Waals surface area contributed by atoms with Crippen LogP contribution in [0.2, 0.25) is 0 Å².